The number of carboxylic acids is 1. The zero-order valence-electron chi connectivity index (χ0n) is 19.4. The summed E-state index contributed by atoms with van der Waals surface area (Å²) >= 11 is 1.63. The molecule has 1 saturated heterocycles. The number of carbonyl (C=O) groups excluding carboxylic acids is 2. The van der Waals surface area contributed by atoms with E-state index in [0.29, 0.717) is 25.1 Å². The van der Waals surface area contributed by atoms with E-state index in [1.165, 1.54) is 4.90 Å². The topological polar surface area (TPSA) is 95.9 Å². The maximum absolute atomic E-state index is 13.3. The number of hydrogen-bond acceptors (Lipinski definition) is 6. The third-order valence-electron chi connectivity index (χ3n) is 5.70. The van der Waals surface area contributed by atoms with E-state index in [2.05, 4.69) is 5.32 Å². The first-order chi connectivity index (χ1) is 16.5. The van der Waals surface area contributed by atoms with Gasteiger partial charge in [-0.25, -0.2) is 0 Å². The number of aryl methyl sites for hydroxylation is 1. The van der Waals surface area contributed by atoms with Crippen LogP contribution in [-0.2, 0) is 32.0 Å². The van der Waals surface area contributed by atoms with E-state index in [0.717, 1.165) is 17.5 Å². The highest BCUT2D eigenvalue weighted by Crippen LogP contribution is 2.24. The number of ether oxygens (including phenoxy) is 1. The molecule has 0 aliphatic carbocycles. The molecule has 0 spiro atoms. The average molecular weight is 485 g/mol. The highest BCUT2D eigenvalue weighted by Gasteiger charge is 2.35. The van der Waals surface area contributed by atoms with E-state index in [9.17, 15) is 19.5 Å². The highest BCUT2D eigenvalue weighted by atomic mass is 32.2. The molecule has 3 unspecified atom stereocenters. The van der Waals surface area contributed by atoms with Crippen LogP contribution in [0.15, 0.2) is 60.7 Å². The number of nitrogens with one attached hydrogen (secondary N) is 1. The first kappa shape index (κ1) is 25.8. The van der Waals surface area contributed by atoms with Gasteiger partial charge in [-0.05, 0) is 37.3 Å². The van der Waals surface area contributed by atoms with Crippen LogP contribution in [0.1, 0.15) is 24.5 Å². The van der Waals surface area contributed by atoms with Crippen molar-refractivity contribution in [3.05, 3.63) is 71.8 Å². The zero-order chi connectivity index (χ0) is 24.3. The number of carboxylic acid groups (broad SMARTS) is 1. The van der Waals surface area contributed by atoms with E-state index in [-0.39, 0.29) is 24.3 Å². The molecule has 7 nitrogen and oxygen atoms in total. The van der Waals surface area contributed by atoms with Crippen LogP contribution in [0.3, 0.4) is 0 Å². The lowest BCUT2D eigenvalue weighted by molar-refractivity contribution is -0.148. The molecular formula is C26H32N2O5S. The lowest BCUT2D eigenvalue weighted by atomic mass is 10.0. The molecule has 1 aliphatic rings. The number of benzene rings is 2. The van der Waals surface area contributed by atoms with Gasteiger partial charge in [0.25, 0.3) is 0 Å². The lowest BCUT2D eigenvalue weighted by Gasteiger charge is -2.27. The van der Waals surface area contributed by atoms with Crippen LogP contribution in [0.4, 0.5) is 0 Å². The van der Waals surface area contributed by atoms with Gasteiger partial charge in [0.15, 0.2) is 0 Å². The molecule has 1 amide bonds. The Labute approximate surface area is 204 Å². The number of thioether (sulfide) groups is 1. The third kappa shape index (κ3) is 7.88. The molecule has 2 N–H and O–H groups in total. The second-order valence-electron chi connectivity index (χ2n) is 8.31. The Hall–Kier alpha value is -2.84. The van der Waals surface area contributed by atoms with Gasteiger partial charge in [-0.3, -0.25) is 19.7 Å². The first-order valence-electron chi connectivity index (χ1n) is 11.6. The summed E-state index contributed by atoms with van der Waals surface area (Å²) in [4.78, 5) is 38.9. The molecule has 0 bridgehead atoms. The summed E-state index contributed by atoms with van der Waals surface area (Å²) in [6, 6.07) is 18.5. The van der Waals surface area contributed by atoms with Gasteiger partial charge in [0.1, 0.15) is 12.6 Å². The summed E-state index contributed by atoms with van der Waals surface area (Å²) in [5.41, 5.74) is 2.23. The molecule has 0 saturated carbocycles. The van der Waals surface area contributed by atoms with Gasteiger partial charge in [-0.1, -0.05) is 60.7 Å². The van der Waals surface area contributed by atoms with Crippen molar-refractivity contribution in [2.24, 2.45) is 0 Å². The van der Waals surface area contributed by atoms with Crippen LogP contribution in [0.2, 0.25) is 0 Å². The Morgan fingerprint density at radius 3 is 2.38 bits per heavy atom. The van der Waals surface area contributed by atoms with E-state index >= 15 is 0 Å². The van der Waals surface area contributed by atoms with Gasteiger partial charge in [-0.15, -0.1) is 0 Å². The highest BCUT2D eigenvalue weighted by molar-refractivity contribution is 8.00. The molecule has 8 heteroatoms. The predicted octanol–water partition coefficient (Wildman–Crippen LogP) is 2.78. The zero-order valence-corrected chi connectivity index (χ0v) is 20.2. The van der Waals surface area contributed by atoms with Crippen LogP contribution < -0.4 is 5.32 Å². The predicted molar refractivity (Wildman–Crippen MR) is 133 cm³/mol. The van der Waals surface area contributed by atoms with Crippen molar-refractivity contribution in [2.45, 2.75) is 43.5 Å². The second kappa shape index (κ2) is 13.2. The van der Waals surface area contributed by atoms with Crippen molar-refractivity contribution in [2.75, 3.05) is 25.4 Å². The molecule has 1 fully saturated rings. The molecule has 3 atom stereocenters. The fraction of sp³-hybridized carbons (Fsp3) is 0.423. The molecule has 1 heterocycles. The fourth-order valence-corrected chi connectivity index (χ4v) is 5.35. The summed E-state index contributed by atoms with van der Waals surface area (Å²) in [7, 11) is 0. The summed E-state index contributed by atoms with van der Waals surface area (Å²) in [5.74, 6) is -1.29. The molecular weight excluding hydrogens is 452 g/mol. The van der Waals surface area contributed by atoms with Crippen molar-refractivity contribution in [3.63, 3.8) is 0 Å². The third-order valence-corrected chi connectivity index (χ3v) is 7.02. The van der Waals surface area contributed by atoms with Gasteiger partial charge >= 0.3 is 11.9 Å². The van der Waals surface area contributed by atoms with Crippen LogP contribution in [0.5, 0.6) is 0 Å². The van der Waals surface area contributed by atoms with E-state index in [1.54, 1.807) is 18.7 Å². The smallest absolute Gasteiger partial charge is 0.323 e. The van der Waals surface area contributed by atoms with Gasteiger partial charge in [0.2, 0.25) is 5.91 Å². The number of aliphatic carboxylic acids is 1. The first-order valence-corrected chi connectivity index (χ1v) is 12.6. The second-order valence-corrected chi connectivity index (χ2v) is 9.64. The quantitative estimate of drug-likeness (QED) is 0.474. The molecule has 1 aliphatic heterocycles. The van der Waals surface area contributed by atoms with Crippen molar-refractivity contribution >= 4 is 29.6 Å². The number of hydrogen-bond donors (Lipinski definition) is 2. The number of nitrogens with zero attached hydrogens (tertiary/aromatic N) is 1. The SMILES string of the molecule is CCOC(=O)C(CCc1ccccc1)NC1CSC(Cc2ccccc2)CN(CC(=O)O)C1=O. The van der Waals surface area contributed by atoms with Crippen molar-refractivity contribution < 1.29 is 24.2 Å². The Balaban J connectivity index is 1.73. The largest absolute Gasteiger partial charge is 0.480 e. The number of carbonyl (C=O) groups is 3. The van der Waals surface area contributed by atoms with Gasteiger partial charge in [0, 0.05) is 17.5 Å². The molecule has 3 rings (SSSR count). The summed E-state index contributed by atoms with van der Waals surface area (Å²) < 4.78 is 5.26. The number of amides is 1. The van der Waals surface area contributed by atoms with Gasteiger partial charge < -0.3 is 14.7 Å². The summed E-state index contributed by atoms with van der Waals surface area (Å²) in [6.07, 6.45) is 1.86. The molecule has 0 radical (unpaired) electrons. The molecule has 0 aromatic heterocycles. The van der Waals surface area contributed by atoms with Crippen LogP contribution in [-0.4, -0.2) is 70.6 Å². The maximum Gasteiger partial charge on any atom is 0.323 e. The monoisotopic (exact) mass is 484 g/mol. The van der Waals surface area contributed by atoms with E-state index in [4.69, 9.17) is 4.74 Å². The molecule has 34 heavy (non-hydrogen) atoms. The standard InChI is InChI=1S/C26H32N2O5S/c1-2-33-26(32)22(14-13-19-9-5-3-6-10-19)27-23-18-34-21(15-20-11-7-4-8-12-20)16-28(25(23)31)17-24(29)30/h3-12,21-23,27H,2,13-18H2,1H3,(H,29,30). The number of rotatable bonds is 11. The molecule has 2 aromatic rings. The van der Waals surface area contributed by atoms with Crippen molar-refractivity contribution in [1.82, 2.24) is 10.2 Å². The minimum Gasteiger partial charge on any atom is -0.480 e. The fourth-order valence-electron chi connectivity index (χ4n) is 4.05. The van der Waals surface area contributed by atoms with Crippen LogP contribution in [0.25, 0.3) is 0 Å². The molecule has 182 valence electrons. The minimum atomic E-state index is -1.05. The maximum atomic E-state index is 13.3. The van der Waals surface area contributed by atoms with Gasteiger partial charge in [-0.2, -0.15) is 11.8 Å². The molecule has 2 aromatic carbocycles. The Morgan fingerprint density at radius 1 is 1.12 bits per heavy atom. The van der Waals surface area contributed by atoms with Crippen LogP contribution >= 0.6 is 11.8 Å². The summed E-state index contributed by atoms with van der Waals surface area (Å²) in [6.45, 7) is 1.98. The van der Waals surface area contributed by atoms with E-state index in [1.807, 2.05) is 60.7 Å². The Bertz CT molecular complexity index is 941. The number of esters is 1. The lowest BCUT2D eigenvalue weighted by Crippen LogP contribution is -2.54. The van der Waals surface area contributed by atoms with Crippen molar-refractivity contribution in [3.8, 4) is 0 Å². The van der Waals surface area contributed by atoms with Crippen LogP contribution in [0, 0.1) is 0 Å². The van der Waals surface area contributed by atoms with Gasteiger partial charge in [0.05, 0.1) is 12.6 Å². The Kier molecular flexibility index (Phi) is 9.97. The summed E-state index contributed by atoms with van der Waals surface area (Å²) in [5, 5.41) is 12.7. The minimum absolute atomic E-state index is 0.0582. The normalized spacial score (nSPS) is 19.3. The van der Waals surface area contributed by atoms with E-state index < -0.39 is 24.0 Å². The Morgan fingerprint density at radius 2 is 1.76 bits per heavy atom. The average Bonchev–Trinajstić information content (AvgIpc) is 2.96. The van der Waals surface area contributed by atoms with Crippen molar-refractivity contribution in [1.29, 1.82) is 0 Å².